The molecule has 0 saturated heterocycles. The van der Waals surface area contributed by atoms with Gasteiger partial charge in [0.15, 0.2) is 0 Å². The van der Waals surface area contributed by atoms with Crippen LogP contribution in [0.5, 0.6) is 0 Å². The highest BCUT2D eigenvalue weighted by atomic mass is 79.9. The number of aryl methyl sites for hydroxylation is 1. The molecule has 20 heavy (non-hydrogen) atoms. The number of methoxy groups -OCH3 is 1. The van der Waals surface area contributed by atoms with Crippen LogP contribution in [0, 0.1) is 13.8 Å². The normalized spacial score (nSPS) is 22.6. The van der Waals surface area contributed by atoms with Crippen LogP contribution in [-0.2, 0) is 4.74 Å². The molecule has 2 rings (SSSR count). The van der Waals surface area contributed by atoms with Gasteiger partial charge in [-0.15, -0.1) is 0 Å². The van der Waals surface area contributed by atoms with Crippen LogP contribution in [0.15, 0.2) is 10.9 Å². The summed E-state index contributed by atoms with van der Waals surface area (Å²) in [5.41, 5.74) is 1.89. The lowest BCUT2D eigenvalue weighted by Gasteiger charge is -2.29. The van der Waals surface area contributed by atoms with Crippen molar-refractivity contribution in [2.75, 3.05) is 7.11 Å². The number of alkyl halides is 1. The molecule has 0 radical (unpaired) electrons. The Kier molecular flexibility index (Phi) is 4.68. The number of aromatic nitrogens is 1. The number of ether oxygens (including phenoxy) is 1. The minimum atomic E-state index is -0.375. The third kappa shape index (κ3) is 2.82. The number of hydrogen-bond donors (Lipinski definition) is 0. The zero-order valence-electron chi connectivity index (χ0n) is 12.1. The first-order valence-electron chi connectivity index (χ1n) is 6.90. The fourth-order valence-corrected chi connectivity index (χ4v) is 3.86. The molecule has 1 fully saturated rings. The third-order valence-corrected chi connectivity index (χ3v) is 4.86. The summed E-state index contributed by atoms with van der Waals surface area (Å²) in [6.45, 7) is 3.61. The Labute approximate surface area is 127 Å². The van der Waals surface area contributed by atoms with Crippen molar-refractivity contribution >= 4 is 21.9 Å². The maximum Gasteiger partial charge on any atom is 0.339 e. The van der Waals surface area contributed by atoms with Crippen molar-refractivity contribution in [3.8, 4) is 0 Å². The van der Waals surface area contributed by atoms with E-state index in [1.807, 2.05) is 6.92 Å². The molecule has 1 aromatic heterocycles. The van der Waals surface area contributed by atoms with E-state index in [1.54, 1.807) is 11.5 Å². The Hall–Kier alpha value is -1.10. The van der Waals surface area contributed by atoms with Crippen LogP contribution >= 0.6 is 15.9 Å². The van der Waals surface area contributed by atoms with Gasteiger partial charge in [-0.3, -0.25) is 4.79 Å². The molecule has 0 N–H and O–H groups in total. The van der Waals surface area contributed by atoms with E-state index >= 15 is 0 Å². The fourth-order valence-electron chi connectivity index (χ4n) is 3.10. The van der Waals surface area contributed by atoms with Crippen molar-refractivity contribution in [3.05, 3.63) is 33.2 Å². The van der Waals surface area contributed by atoms with Crippen molar-refractivity contribution in [1.29, 1.82) is 0 Å². The molecular formula is C15H20BrNO3. The Morgan fingerprint density at radius 2 is 2.10 bits per heavy atom. The lowest BCUT2D eigenvalue weighted by molar-refractivity contribution is 0.0597. The number of halogens is 1. The second-order valence-corrected chi connectivity index (χ2v) is 6.70. The molecule has 5 heteroatoms. The largest absolute Gasteiger partial charge is 0.465 e. The number of nitrogens with zero attached hydrogens (tertiary/aromatic N) is 1. The van der Waals surface area contributed by atoms with Gasteiger partial charge < -0.3 is 9.30 Å². The molecule has 0 bridgehead atoms. The van der Waals surface area contributed by atoms with Gasteiger partial charge in [-0.05, 0) is 38.7 Å². The maximum absolute atomic E-state index is 12.3. The van der Waals surface area contributed by atoms with E-state index in [1.165, 1.54) is 13.2 Å². The molecule has 1 aliphatic rings. The Morgan fingerprint density at radius 1 is 1.40 bits per heavy atom. The van der Waals surface area contributed by atoms with Crippen molar-refractivity contribution in [3.63, 3.8) is 0 Å². The van der Waals surface area contributed by atoms with Gasteiger partial charge >= 0.3 is 5.97 Å². The molecule has 1 aliphatic carbocycles. The fraction of sp³-hybridized carbons (Fsp3) is 0.600. The summed E-state index contributed by atoms with van der Waals surface area (Å²) in [6.07, 6.45) is 4.13. The van der Waals surface area contributed by atoms with Crippen molar-refractivity contribution in [2.24, 2.45) is 0 Å². The third-order valence-electron chi connectivity index (χ3n) is 4.03. The van der Waals surface area contributed by atoms with E-state index in [0.29, 0.717) is 21.6 Å². The van der Waals surface area contributed by atoms with Gasteiger partial charge in [0, 0.05) is 22.6 Å². The first kappa shape index (κ1) is 15.3. The predicted octanol–water partition coefficient (Wildman–Crippen LogP) is 3.13. The molecule has 1 saturated carbocycles. The average Bonchev–Trinajstić information content (AvgIpc) is 2.37. The highest BCUT2D eigenvalue weighted by Crippen LogP contribution is 2.33. The van der Waals surface area contributed by atoms with E-state index in [4.69, 9.17) is 4.74 Å². The van der Waals surface area contributed by atoms with Gasteiger partial charge in [0.1, 0.15) is 0 Å². The highest BCUT2D eigenvalue weighted by molar-refractivity contribution is 9.09. The molecule has 1 aromatic rings. The first-order valence-corrected chi connectivity index (χ1v) is 7.82. The van der Waals surface area contributed by atoms with Crippen LogP contribution in [0.25, 0.3) is 0 Å². The van der Waals surface area contributed by atoms with Gasteiger partial charge in [-0.2, -0.15) is 0 Å². The molecule has 0 spiro atoms. The monoisotopic (exact) mass is 341 g/mol. The van der Waals surface area contributed by atoms with E-state index in [0.717, 1.165) is 25.7 Å². The van der Waals surface area contributed by atoms with E-state index in [2.05, 4.69) is 15.9 Å². The number of carbonyl (C=O) groups is 1. The summed E-state index contributed by atoms with van der Waals surface area (Å²) < 4.78 is 6.61. The molecule has 2 unspecified atom stereocenters. The standard InChI is InChI=1S/C15H20BrNO3/c1-9-7-13(18)17(10(2)14(9)15(19)20-3)12-6-4-5-11(16)8-12/h7,11-12H,4-6,8H2,1-3H3. The van der Waals surface area contributed by atoms with Crippen molar-refractivity contribution in [2.45, 2.75) is 50.4 Å². The van der Waals surface area contributed by atoms with Crippen LogP contribution in [0.3, 0.4) is 0 Å². The lowest BCUT2D eigenvalue weighted by atomic mass is 9.94. The van der Waals surface area contributed by atoms with E-state index in [9.17, 15) is 9.59 Å². The van der Waals surface area contributed by atoms with Gasteiger partial charge in [0.25, 0.3) is 5.56 Å². The van der Waals surface area contributed by atoms with Crippen LogP contribution in [0.1, 0.15) is 53.3 Å². The minimum absolute atomic E-state index is 0.0285. The molecular weight excluding hydrogens is 322 g/mol. The summed E-state index contributed by atoms with van der Waals surface area (Å²) in [5.74, 6) is -0.375. The summed E-state index contributed by atoms with van der Waals surface area (Å²) >= 11 is 3.64. The topological polar surface area (TPSA) is 48.3 Å². The van der Waals surface area contributed by atoms with Gasteiger partial charge in [-0.1, -0.05) is 22.4 Å². The summed E-state index contributed by atoms with van der Waals surface area (Å²) in [4.78, 5) is 24.7. The van der Waals surface area contributed by atoms with Crippen molar-refractivity contribution < 1.29 is 9.53 Å². The number of esters is 1. The number of hydrogen-bond acceptors (Lipinski definition) is 3. The lowest BCUT2D eigenvalue weighted by Crippen LogP contribution is -2.32. The maximum atomic E-state index is 12.3. The van der Waals surface area contributed by atoms with Crippen molar-refractivity contribution in [1.82, 2.24) is 4.57 Å². The SMILES string of the molecule is COC(=O)c1c(C)cc(=O)n(C2CCCC(Br)C2)c1C. The number of pyridine rings is 1. The molecule has 0 aromatic carbocycles. The van der Waals surface area contributed by atoms with Crippen LogP contribution in [-0.4, -0.2) is 22.5 Å². The molecule has 0 aliphatic heterocycles. The van der Waals surface area contributed by atoms with Gasteiger partial charge in [-0.25, -0.2) is 4.79 Å². The second kappa shape index (κ2) is 6.12. The minimum Gasteiger partial charge on any atom is -0.465 e. The summed E-state index contributed by atoms with van der Waals surface area (Å²) in [7, 11) is 1.37. The summed E-state index contributed by atoms with van der Waals surface area (Å²) in [6, 6.07) is 1.70. The quantitative estimate of drug-likeness (QED) is 0.613. The smallest absolute Gasteiger partial charge is 0.339 e. The summed E-state index contributed by atoms with van der Waals surface area (Å²) in [5, 5.41) is 0. The molecule has 0 amide bonds. The van der Waals surface area contributed by atoms with Gasteiger partial charge in [0.05, 0.1) is 12.7 Å². The Bertz CT molecular complexity index is 579. The molecule has 4 nitrogen and oxygen atoms in total. The van der Waals surface area contributed by atoms with E-state index < -0.39 is 0 Å². The van der Waals surface area contributed by atoms with Crippen LogP contribution < -0.4 is 5.56 Å². The first-order chi connectivity index (χ1) is 9.45. The number of rotatable bonds is 2. The highest BCUT2D eigenvalue weighted by Gasteiger charge is 2.26. The molecule has 2 atom stereocenters. The van der Waals surface area contributed by atoms with Crippen LogP contribution in [0.4, 0.5) is 0 Å². The predicted molar refractivity (Wildman–Crippen MR) is 81.7 cm³/mol. The average molecular weight is 342 g/mol. The van der Waals surface area contributed by atoms with Crippen LogP contribution in [0.2, 0.25) is 0 Å². The van der Waals surface area contributed by atoms with Gasteiger partial charge in [0.2, 0.25) is 0 Å². The molecule has 110 valence electrons. The zero-order chi connectivity index (χ0) is 14.9. The second-order valence-electron chi connectivity index (χ2n) is 5.41. The Balaban J connectivity index is 2.53. The molecule has 1 heterocycles. The zero-order valence-corrected chi connectivity index (χ0v) is 13.7. The Morgan fingerprint density at radius 3 is 2.70 bits per heavy atom. The number of carbonyl (C=O) groups excluding carboxylic acids is 1. The van der Waals surface area contributed by atoms with E-state index in [-0.39, 0.29) is 17.6 Å².